The molecule has 0 aliphatic carbocycles. The molecule has 2 rings (SSSR count). The molecule has 0 atom stereocenters. The SMILES string of the molecule is N#Cc1cc(C(F)(F)F)ccc1Cc1ccccc1. The van der Waals surface area contributed by atoms with E-state index in [1.807, 2.05) is 36.4 Å². The van der Waals surface area contributed by atoms with Crippen LogP contribution in [0.25, 0.3) is 0 Å². The predicted octanol–water partition coefficient (Wildman–Crippen LogP) is 4.17. The molecule has 2 aromatic carbocycles. The smallest absolute Gasteiger partial charge is 0.192 e. The molecule has 0 unspecified atom stereocenters. The lowest BCUT2D eigenvalue weighted by molar-refractivity contribution is -0.137. The van der Waals surface area contributed by atoms with E-state index in [0.717, 1.165) is 17.7 Å². The molecule has 0 aliphatic heterocycles. The molecule has 0 heterocycles. The Labute approximate surface area is 108 Å². The number of rotatable bonds is 2. The Kier molecular flexibility index (Phi) is 3.57. The maximum Gasteiger partial charge on any atom is 0.416 e. The molecule has 19 heavy (non-hydrogen) atoms. The van der Waals surface area contributed by atoms with Crippen molar-refractivity contribution in [3.05, 3.63) is 70.8 Å². The summed E-state index contributed by atoms with van der Waals surface area (Å²) < 4.78 is 37.7. The van der Waals surface area contributed by atoms with Gasteiger partial charge >= 0.3 is 6.18 Å². The molecule has 0 fully saturated rings. The molecule has 0 spiro atoms. The average molecular weight is 261 g/mol. The van der Waals surface area contributed by atoms with Gasteiger partial charge in [0.25, 0.3) is 0 Å². The molecule has 2 aromatic rings. The van der Waals surface area contributed by atoms with Crippen LogP contribution in [0.3, 0.4) is 0 Å². The van der Waals surface area contributed by atoms with E-state index in [2.05, 4.69) is 0 Å². The molecule has 0 amide bonds. The molecule has 0 bridgehead atoms. The molecule has 0 aliphatic rings. The fourth-order valence-corrected chi connectivity index (χ4v) is 1.83. The van der Waals surface area contributed by atoms with E-state index in [4.69, 9.17) is 5.26 Å². The zero-order valence-corrected chi connectivity index (χ0v) is 9.91. The summed E-state index contributed by atoms with van der Waals surface area (Å²) in [6.07, 6.45) is -3.97. The van der Waals surface area contributed by atoms with Crippen molar-refractivity contribution in [1.29, 1.82) is 5.26 Å². The quantitative estimate of drug-likeness (QED) is 0.796. The van der Waals surface area contributed by atoms with Gasteiger partial charge in [-0.1, -0.05) is 36.4 Å². The number of hydrogen-bond donors (Lipinski definition) is 0. The molecule has 0 saturated heterocycles. The maximum absolute atomic E-state index is 12.6. The Hall–Kier alpha value is -2.28. The van der Waals surface area contributed by atoms with Crippen molar-refractivity contribution in [2.24, 2.45) is 0 Å². The van der Waals surface area contributed by atoms with Gasteiger partial charge in [0.2, 0.25) is 0 Å². The summed E-state index contributed by atoms with van der Waals surface area (Å²) in [6, 6.07) is 14.4. The van der Waals surface area contributed by atoms with E-state index in [9.17, 15) is 13.2 Å². The second kappa shape index (κ2) is 5.15. The highest BCUT2D eigenvalue weighted by Gasteiger charge is 2.30. The minimum atomic E-state index is -4.42. The summed E-state index contributed by atoms with van der Waals surface area (Å²) in [4.78, 5) is 0. The minimum absolute atomic E-state index is 0.0682. The van der Waals surface area contributed by atoms with Crippen molar-refractivity contribution in [3.63, 3.8) is 0 Å². The standard InChI is InChI=1S/C15H10F3N/c16-15(17,18)14-7-6-12(13(9-14)10-19)8-11-4-2-1-3-5-11/h1-7,9H,8H2. The molecule has 0 radical (unpaired) electrons. The highest BCUT2D eigenvalue weighted by atomic mass is 19.4. The van der Waals surface area contributed by atoms with Crippen LogP contribution < -0.4 is 0 Å². The lowest BCUT2D eigenvalue weighted by atomic mass is 9.98. The molecule has 0 aromatic heterocycles. The molecule has 0 N–H and O–H groups in total. The summed E-state index contributed by atoms with van der Waals surface area (Å²) in [6.45, 7) is 0. The highest BCUT2D eigenvalue weighted by molar-refractivity contribution is 5.43. The van der Waals surface area contributed by atoms with Crippen LogP contribution in [0.15, 0.2) is 48.5 Å². The van der Waals surface area contributed by atoms with Crippen LogP contribution in [0.4, 0.5) is 13.2 Å². The van der Waals surface area contributed by atoms with Crippen LogP contribution >= 0.6 is 0 Å². The summed E-state index contributed by atoms with van der Waals surface area (Å²) in [5, 5.41) is 8.97. The van der Waals surface area contributed by atoms with Crippen molar-refractivity contribution in [1.82, 2.24) is 0 Å². The first-order valence-corrected chi connectivity index (χ1v) is 5.65. The van der Waals surface area contributed by atoms with Crippen LogP contribution in [0.2, 0.25) is 0 Å². The third-order valence-corrected chi connectivity index (χ3v) is 2.80. The van der Waals surface area contributed by atoms with Gasteiger partial charge in [-0.15, -0.1) is 0 Å². The number of nitriles is 1. The summed E-state index contributed by atoms with van der Waals surface area (Å²) >= 11 is 0. The van der Waals surface area contributed by atoms with Gasteiger partial charge < -0.3 is 0 Å². The first kappa shape index (κ1) is 13.2. The number of hydrogen-bond acceptors (Lipinski definition) is 1. The van der Waals surface area contributed by atoms with Gasteiger partial charge in [-0.05, 0) is 29.7 Å². The first-order valence-electron chi connectivity index (χ1n) is 5.65. The number of halogens is 3. The zero-order chi connectivity index (χ0) is 13.9. The second-order valence-electron chi connectivity index (χ2n) is 4.14. The van der Waals surface area contributed by atoms with Gasteiger partial charge in [0.05, 0.1) is 17.2 Å². The average Bonchev–Trinajstić information content (AvgIpc) is 2.39. The Morgan fingerprint density at radius 1 is 1.00 bits per heavy atom. The van der Waals surface area contributed by atoms with Crippen molar-refractivity contribution in [2.75, 3.05) is 0 Å². The Bertz CT molecular complexity index is 610. The fraction of sp³-hybridized carbons (Fsp3) is 0.133. The summed E-state index contributed by atoms with van der Waals surface area (Å²) in [5.74, 6) is 0. The largest absolute Gasteiger partial charge is 0.416 e. The lowest BCUT2D eigenvalue weighted by Gasteiger charge is -2.09. The molecular formula is C15H10F3N. The van der Waals surface area contributed by atoms with Crippen molar-refractivity contribution < 1.29 is 13.2 Å². The van der Waals surface area contributed by atoms with Crippen LogP contribution in [0, 0.1) is 11.3 Å². The van der Waals surface area contributed by atoms with Gasteiger partial charge in [-0.25, -0.2) is 0 Å². The van der Waals surface area contributed by atoms with Crippen LogP contribution in [-0.4, -0.2) is 0 Å². The third-order valence-electron chi connectivity index (χ3n) is 2.80. The highest BCUT2D eigenvalue weighted by Crippen LogP contribution is 2.30. The minimum Gasteiger partial charge on any atom is -0.192 e. The van der Waals surface area contributed by atoms with E-state index < -0.39 is 11.7 Å². The number of nitrogens with zero attached hydrogens (tertiary/aromatic N) is 1. The second-order valence-corrected chi connectivity index (χ2v) is 4.14. The monoisotopic (exact) mass is 261 g/mol. The molecule has 96 valence electrons. The van der Waals surface area contributed by atoms with Crippen molar-refractivity contribution in [2.45, 2.75) is 12.6 Å². The van der Waals surface area contributed by atoms with Crippen molar-refractivity contribution in [3.8, 4) is 6.07 Å². The number of benzene rings is 2. The first-order chi connectivity index (χ1) is 9.00. The molecule has 0 saturated carbocycles. The van der Waals surface area contributed by atoms with Gasteiger partial charge in [0.1, 0.15) is 0 Å². The predicted molar refractivity (Wildman–Crippen MR) is 65.4 cm³/mol. The lowest BCUT2D eigenvalue weighted by Crippen LogP contribution is -2.06. The Morgan fingerprint density at radius 2 is 1.68 bits per heavy atom. The van der Waals surface area contributed by atoms with E-state index in [-0.39, 0.29) is 5.56 Å². The Balaban J connectivity index is 2.35. The normalized spacial score (nSPS) is 11.1. The molecular weight excluding hydrogens is 251 g/mol. The number of alkyl halides is 3. The summed E-state index contributed by atoms with van der Waals surface area (Å²) in [7, 11) is 0. The van der Waals surface area contributed by atoms with Gasteiger partial charge in [-0.2, -0.15) is 18.4 Å². The van der Waals surface area contributed by atoms with Gasteiger partial charge in [0.15, 0.2) is 0 Å². The maximum atomic E-state index is 12.6. The van der Waals surface area contributed by atoms with Gasteiger partial charge in [0, 0.05) is 0 Å². The Morgan fingerprint density at radius 3 is 2.26 bits per heavy atom. The molecule has 1 nitrogen and oxygen atoms in total. The van der Waals surface area contributed by atoms with Crippen LogP contribution in [0.1, 0.15) is 22.3 Å². The van der Waals surface area contributed by atoms with Crippen LogP contribution in [0.5, 0.6) is 0 Å². The summed E-state index contributed by atoms with van der Waals surface area (Å²) in [5.41, 5.74) is 0.833. The van der Waals surface area contributed by atoms with E-state index in [1.165, 1.54) is 6.07 Å². The van der Waals surface area contributed by atoms with E-state index in [1.54, 1.807) is 0 Å². The topological polar surface area (TPSA) is 23.8 Å². The zero-order valence-electron chi connectivity index (χ0n) is 9.91. The fourth-order valence-electron chi connectivity index (χ4n) is 1.83. The molecule has 4 heteroatoms. The van der Waals surface area contributed by atoms with E-state index in [0.29, 0.717) is 12.0 Å². The van der Waals surface area contributed by atoms with Crippen molar-refractivity contribution >= 4 is 0 Å². The van der Waals surface area contributed by atoms with Gasteiger partial charge in [-0.3, -0.25) is 0 Å². The van der Waals surface area contributed by atoms with E-state index >= 15 is 0 Å². The third kappa shape index (κ3) is 3.14. The van der Waals surface area contributed by atoms with Crippen LogP contribution in [-0.2, 0) is 12.6 Å².